The average Bonchev–Trinajstić information content (AvgIpc) is 2.64. The molecule has 1 nitrogen and oxygen atoms in total. The monoisotopic (exact) mass is 300 g/mol. The van der Waals surface area contributed by atoms with Gasteiger partial charge in [-0.15, -0.1) is 0 Å². The molecule has 18 heavy (non-hydrogen) atoms. The minimum Gasteiger partial charge on any atom is -0.292 e. The third kappa shape index (κ3) is 1.56. The third-order valence-electron chi connectivity index (χ3n) is 3.63. The highest BCUT2D eigenvalue weighted by molar-refractivity contribution is 9.10. The maximum absolute atomic E-state index is 12.6. The molecule has 0 bridgehead atoms. The summed E-state index contributed by atoms with van der Waals surface area (Å²) >= 11 is 3.70. The Hall–Kier alpha value is -1.41. The second-order valence-electron chi connectivity index (χ2n) is 4.78. The summed E-state index contributed by atoms with van der Waals surface area (Å²) in [6, 6.07) is 15.9. The molecule has 2 aromatic carbocycles. The summed E-state index contributed by atoms with van der Waals surface area (Å²) in [5, 5.41) is 0. The molecule has 0 heterocycles. The molecule has 1 aliphatic rings. The molecular weight excluding hydrogens is 288 g/mol. The van der Waals surface area contributed by atoms with Crippen LogP contribution in [0, 0.1) is 6.92 Å². The van der Waals surface area contributed by atoms with Gasteiger partial charge in [0.15, 0.2) is 5.78 Å². The summed E-state index contributed by atoms with van der Waals surface area (Å²) in [5.74, 6) is 0.174. The fraction of sp³-hybridized carbons (Fsp3) is 0.188. The summed E-state index contributed by atoms with van der Waals surface area (Å²) in [7, 11) is 0. The lowest BCUT2D eigenvalue weighted by Crippen LogP contribution is -2.26. The lowest BCUT2D eigenvalue weighted by Gasteiger charge is -2.22. The number of alkyl halides is 1. The van der Waals surface area contributed by atoms with Gasteiger partial charge in [0.2, 0.25) is 0 Å². The molecule has 0 saturated heterocycles. The highest BCUT2D eigenvalue weighted by Crippen LogP contribution is 2.45. The Kier molecular flexibility index (Phi) is 2.63. The van der Waals surface area contributed by atoms with Crippen molar-refractivity contribution in [3.8, 4) is 0 Å². The minimum atomic E-state index is -0.581. The maximum Gasteiger partial charge on any atom is 0.184 e. The largest absolute Gasteiger partial charge is 0.292 e. The number of ketones is 1. The quantitative estimate of drug-likeness (QED) is 0.727. The number of hydrogen-bond donors (Lipinski definition) is 0. The van der Waals surface area contributed by atoms with Gasteiger partial charge in [0.25, 0.3) is 0 Å². The van der Waals surface area contributed by atoms with Crippen LogP contribution in [0.4, 0.5) is 0 Å². The van der Waals surface area contributed by atoms with Crippen LogP contribution < -0.4 is 0 Å². The first-order valence-corrected chi connectivity index (χ1v) is 6.80. The fourth-order valence-electron chi connectivity index (χ4n) is 2.69. The van der Waals surface area contributed by atoms with Gasteiger partial charge in [-0.05, 0) is 30.0 Å². The predicted molar refractivity (Wildman–Crippen MR) is 76.3 cm³/mol. The van der Waals surface area contributed by atoms with Crippen LogP contribution in [0.1, 0.15) is 27.0 Å². The number of Topliss-reactive ketones (excluding diaryl/α,β-unsaturated/α-hetero) is 1. The predicted octanol–water partition coefficient (Wildman–Crippen LogP) is 4.02. The minimum absolute atomic E-state index is 0.174. The number of carbonyl (C=O) groups is 1. The van der Waals surface area contributed by atoms with Crippen molar-refractivity contribution in [3.63, 3.8) is 0 Å². The van der Waals surface area contributed by atoms with Crippen LogP contribution in [0.5, 0.6) is 0 Å². The zero-order valence-electron chi connectivity index (χ0n) is 10.1. The van der Waals surface area contributed by atoms with E-state index in [1.807, 2.05) is 42.5 Å². The number of aryl methyl sites for hydroxylation is 1. The molecular formula is C16H13BrO. The Morgan fingerprint density at radius 3 is 2.44 bits per heavy atom. The van der Waals surface area contributed by atoms with Crippen LogP contribution in [0.2, 0.25) is 0 Å². The molecule has 1 unspecified atom stereocenters. The normalized spacial score (nSPS) is 22.0. The summed E-state index contributed by atoms with van der Waals surface area (Å²) in [4.78, 5) is 12.6. The first-order chi connectivity index (χ1) is 8.63. The van der Waals surface area contributed by atoms with Crippen molar-refractivity contribution in [1.29, 1.82) is 0 Å². The Balaban J connectivity index is 2.15. The van der Waals surface area contributed by atoms with Crippen LogP contribution >= 0.6 is 15.9 Å². The number of benzene rings is 2. The van der Waals surface area contributed by atoms with E-state index in [0.29, 0.717) is 0 Å². The standard InChI is InChI=1S/C16H13BrO/c1-11-6-2-5-9-14(11)16(17)10-12-7-3-4-8-13(12)15(16)18/h2-9H,10H2,1H3. The van der Waals surface area contributed by atoms with E-state index in [1.165, 1.54) is 0 Å². The van der Waals surface area contributed by atoms with Gasteiger partial charge in [0.1, 0.15) is 4.32 Å². The SMILES string of the molecule is Cc1ccccc1C1(Br)Cc2ccccc2C1=O. The van der Waals surface area contributed by atoms with E-state index in [4.69, 9.17) is 0 Å². The molecule has 0 fully saturated rings. The summed E-state index contributed by atoms with van der Waals surface area (Å²) in [6.45, 7) is 2.05. The van der Waals surface area contributed by atoms with E-state index >= 15 is 0 Å². The molecule has 2 heteroatoms. The number of halogens is 1. The van der Waals surface area contributed by atoms with E-state index in [0.717, 1.165) is 28.7 Å². The number of carbonyl (C=O) groups excluding carboxylic acids is 1. The van der Waals surface area contributed by atoms with Crippen LogP contribution in [0.25, 0.3) is 0 Å². The maximum atomic E-state index is 12.6. The lowest BCUT2D eigenvalue weighted by molar-refractivity contribution is 0.0960. The van der Waals surface area contributed by atoms with Gasteiger partial charge in [-0.3, -0.25) is 4.79 Å². The Labute approximate surface area is 115 Å². The molecule has 3 rings (SSSR count). The Morgan fingerprint density at radius 1 is 1.06 bits per heavy atom. The highest BCUT2D eigenvalue weighted by Gasteiger charge is 2.45. The van der Waals surface area contributed by atoms with Crippen LogP contribution in [-0.2, 0) is 10.7 Å². The van der Waals surface area contributed by atoms with Crippen LogP contribution in [0.15, 0.2) is 48.5 Å². The second-order valence-corrected chi connectivity index (χ2v) is 6.13. The van der Waals surface area contributed by atoms with E-state index in [2.05, 4.69) is 28.9 Å². The van der Waals surface area contributed by atoms with Crippen LogP contribution in [-0.4, -0.2) is 5.78 Å². The molecule has 0 amide bonds. The number of hydrogen-bond acceptors (Lipinski definition) is 1. The van der Waals surface area contributed by atoms with Gasteiger partial charge < -0.3 is 0 Å². The third-order valence-corrected chi connectivity index (χ3v) is 4.70. The van der Waals surface area contributed by atoms with Crippen molar-refractivity contribution in [2.45, 2.75) is 17.7 Å². The van der Waals surface area contributed by atoms with Crippen molar-refractivity contribution < 1.29 is 4.79 Å². The molecule has 0 radical (unpaired) electrons. The van der Waals surface area contributed by atoms with Gasteiger partial charge in [0.05, 0.1) is 0 Å². The summed E-state index contributed by atoms with van der Waals surface area (Å²) < 4.78 is -0.581. The van der Waals surface area contributed by atoms with Gasteiger partial charge in [-0.25, -0.2) is 0 Å². The van der Waals surface area contributed by atoms with E-state index < -0.39 is 4.32 Å². The first kappa shape index (κ1) is 11.7. The molecule has 0 aliphatic heterocycles. The van der Waals surface area contributed by atoms with Gasteiger partial charge in [-0.2, -0.15) is 0 Å². The zero-order chi connectivity index (χ0) is 12.8. The average molecular weight is 301 g/mol. The van der Waals surface area contributed by atoms with Crippen molar-refractivity contribution in [2.24, 2.45) is 0 Å². The number of fused-ring (bicyclic) bond motifs is 1. The topological polar surface area (TPSA) is 17.1 Å². The van der Waals surface area contributed by atoms with Crippen molar-refractivity contribution >= 4 is 21.7 Å². The Bertz CT molecular complexity index is 632. The van der Waals surface area contributed by atoms with E-state index in [9.17, 15) is 4.79 Å². The van der Waals surface area contributed by atoms with Gasteiger partial charge in [-0.1, -0.05) is 64.5 Å². The second kappa shape index (κ2) is 4.06. The molecule has 0 N–H and O–H groups in total. The lowest BCUT2D eigenvalue weighted by atomic mass is 9.91. The molecule has 2 aromatic rings. The first-order valence-electron chi connectivity index (χ1n) is 6.00. The summed E-state index contributed by atoms with van der Waals surface area (Å²) in [6.07, 6.45) is 0.729. The smallest absolute Gasteiger partial charge is 0.184 e. The zero-order valence-corrected chi connectivity index (χ0v) is 11.7. The molecule has 0 spiro atoms. The van der Waals surface area contributed by atoms with E-state index in [-0.39, 0.29) is 5.78 Å². The Morgan fingerprint density at radius 2 is 1.72 bits per heavy atom. The van der Waals surface area contributed by atoms with Crippen molar-refractivity contribution in [1.82, 2.24) is 0 Å². The van der Waals surface area contributed by atoms with Gasteiger partial charge in [0, 0.05) is 5.56 Å². The molecule has 1 aliphatic carbocycles. The van der Waals surface area contributed by atoms with Crippen molar-refractivity contribution in [2.75, 3.05) is 0 Å². The summed E-state index contributed by atoms with van der Waals surface area (Å²) in [5.41, 5.74) is 4.20. The van der Waals surface area contributed by atoms with Crippen molar-refractivity contribution in [3.05, 3.63) is 70.8 Å². The van der Waals surface area contributed by atoms with E-state index in [1.54, 1.807) is 0 Å². The molecule has 1 atom stereocenters. The van der Waals surface area contributed by atoms with Crippen LogP contribution in [0.3, 0.4) is 0 Å². The molecule has 0 saturated carbocycles. The van der Waals surface area contributed by atoms with Gasteiger partial charge >= 0.3 is 0 Å². The highest BCUT2D eigenvalue weighted by atomic mass is 79.9. The molecule has 90 valence electrons. The fourth-order valence-corrected chi connectivity index (χ4v) is 3.65. The molecule has 0 aromatic heterocycles. The number of rotatable bonds is 1.